The second kappa shape index (κ2) is 5.91. The van der Waals surface area contributed by atoms with Crippen molar-refractivity contribution in [1.29, 1.82) is 0 Å². The molecule has 0 aliphatic rings. The molecule has 2 atom stereocenters. The van der Waals surface area contributed by atoms with Crippen molar-refractivity contribution in [3.8, 4) is 0 Å². The molecule has 1 aromatic rings. The fraction of sp³-hybridized carbons (Fsp3) is 0.750. The maximum Gasteiger partial charge on any atom is 0.0522 e. The molecule has 0 bridgehead atoms. The summed E-state index contributed by atoms with van der Waals surface area (Å²) < 4.78 is 2.06. The fourth-order valence-electron chi connectivity index (χ4n) is 1.72. The van der Waals surface area contributed by atoms with E-state index in [0.29, 0.717) is 6.04 Å². The van der Waals surface area contributed by atoms with Gasteiger partial charge >= 0.3 is 0 Å². The van der Waals surface area contributed by atoms with Crippen molar-refractivity contribution in [3.63, 3.8) is 0 Å². The highest BCUT2D eigenvalue weighted by Crippen LogP contribution is 2.13. The molecule has 15 heavy (non-hydrogen) atoms. The highest BCUT2D eigenvalue weighted by molar-refractivity contribution is 5.06. The van der Waals surface area contributed by atoms with E-state index in [0.717, 1.165) is 12.8 Å². The van der Waals surface area contributed by atoms with Gasteiger partial charge in [0, 0.05) is 18.3 Å². The van der Waals surface area contributed by atoms with E-state index in [1.54, 1.807) is 0 Å². The minimum Gasteiger partial charge on any atom is -0.327 e. The van der Waals surface area contributed by atoms with Crippen LogP contribution in [-0.2, 0) is 6.42 Å². The average molecular weight is 209 g/mol. The summed E-state index contributed by atoms with van der Waals surface area (Å²) in [6, 6.07) is 0.769. The highest BCUT2D eigenvalue weighted by atomic mass is 15.3. The SMILES string of the molecule is CCCC(C)n1cc(CC(N)CC)cn1. The van der Waals surface area contributed by atoms with E-state index in [1.807, 2.05) is 6.20 Å². The van der Waals surface area contributed by atoms with Gasteiger partial charge in [-0.05, 0) is 31.7 Å². The molecule has 2 N–H and O–H groups in total. The third kappa shape index (κ3) is 3.67. The van der Waals surface area contributed by atoms with Crippen molar-refractivity contribution >= 4 is 0 Å². The summed E-state index contributed by atoms with van der Waals surface area (Å²) in [5.74, 6) is 0. The van der Waals surface area contributed by atoms with Crippen molar-refractivity contribution in [2.24, 2.45) is 5.73 Å². The van der Waals surface area contributed by atoms with E-state index < -0.39 is 0 Å². The van der Waals surface area contributed by atoms with Crippen LogP contribution in [0, 0.1) is 0 Å². The Morgan fingerprint density at radius 3 is 2.80 bits per heavy atom. The Kier molecular flexibility index (Phi) is 4.82. The normalized spacial score (nSPS) is 15.2. The summed E-state index contributed by atoms with van der Waals surface area (Å²) in [6.07, 6.45) is 8.42. The first-order valence-corrected chi connectivity index (χ1v) is 5.96. The molecule has 0 radical (unpaired) electrons. The van der Waals surface area contributed by atoms with Crippen LogP contribution in [0.4, 0.5) is 0 Å². The Balaban J connectivity index is 2.55. The van der Waals surface area contributed by atoms with Crippen molar-refractivity contribution in [2.45, 2.75) is 58.5 Å². The van der Waals surface area contributed by atoms with Crippen LogP contribution in [-0.4, -0.2) is 15.8 Å². The quantitative estimate of drug-likeness (QED) is 0.782. The topological polar surface area (TPSA) is 43.8 Å². The Bertz CT molecular complexity index is 280. The predicted molar refractivity (Wildman–Crippen MR) is 63.8 cm³/mol. The van der Waals surface area contributed by atoms with Crippen LogP contribution < -0.4 is 5.73 Å². The number of nitrogens with zero attached hydrogens (tertiary/aromatic N) is 2. The van der Waals surface area contributed by atoms with Gasteiger partial charge in [0.15, 0.2) is 0 Å². The molecule has 0 amide bonds. The zero-order valence-corrected chi connectivity index (χ0v) is 10.1. The van der Waals surface area contributed by atoms with Crippen molar-refractivity contribution in [1.82, 2.24) is 9.78 Å². The molecular weight excluding hydrogens is 186 g/mol. The van der Waals surface area contributed by atoms with Gasteiger partial charge in [0.05, 0.1) is 6.20 Å². The van der Waals surface area contributed by atoms with Crippen LogP contribution in [0.1, 0.15) is 51.6 Å². The Labute approximate surface area is 92.7 Å². The smallest absolute Gasteiger partial charge is 0.0522 e. The molecule has 3 heteroatoms. The lowest BCUT2D eigenvalue weighted by molar-refractivity contribution is 0.454. The second-order valence-corrected chi connectivity index (χ2v) is 4.34. The highest BCUT2D eigenvalue weighted by Gasteiger charge is 2.07. The largest absolute Gasteiger partial charge is 0.327 e. The van der Waals surface area contributed by atoms with Gasteiger partial charge in [-0.2, -0.15) is 5.10 Å². The standard InChI is InChI=1S/C12H23N3/c1-4-6-10(3)15-9-11(8-14-15)7-12(13)5-2/h8-10,12H,4-7,13H2,1-3H3. The van der Waals surface area contributed by atoms with Crippen molar-refractivity contribution < 1.29 is 0 Å². The molecule has 1 rings (SSSR count). The third-order valence-corrected chi connectivity index (χ3v) is 2.84. The van der Waals surface area contributed by atoms with Crippen LogP contribution >= 0.6 is 0 Å². The summed E-state index contributed by atoms with van der Waals surface area (Å²) in [6.45, 7) is 6.53. The Morgan fingerprint density at radius 1 is 1.47 bits per heavy atom. The summed E-state index contributed by atoms with van der Waals surface area (Å²) in [5, 5.41) is 4.38. The monoisotopic (exact) mass is 209 g/mol. The number of aromatic nitrogens is 2. The first-order valence-electron chi connectivity index (χ1n) is 5.96. The minimum atomic E-state index is 0.268. The van der Waals surface area contributed by atoms with Crippen molar-refractivity contribution in [3.05, 3.63) is 18.0 Å². The van der Waals surface area contributed by atoms with Crippen molar-refractivity contribution in [2.75, 3.05) is 0 Å². The molecule has 1 aromatic heterocycles. The lowest BCUT2D eigenvalue weighted by Gasteiger charge is -2.10. The van der Waals surface area contributed by atoms with Crippen LogP contribution in [0.2, 0.25) is 0 Å². The maximum atomic E-state index is 5.91. The van der Waals surface area contributed by atoms with E-state index in [2.05, 4.69) is 36.7 Å². The van der Waals surface area contributed by atoms with Gasteiger partial charge in [-0.25, -0.2) is 0 Å². The number of rotatable bonds is 6. The van der Waals surface area contributed by atoms with Gasteiger partial charge in [0.2, 0.25) is 0 Å². The molecule has 3 nitrogen and oxygen atoms in total. The van der Waals surface area contributed by atoms with Gasteiger partial charge in [0.25, 0.3) is 0 Å². The lowest BCUT2D eigenvalue weighted by atomic mass is 10.1. The number of nitrogens with two attached hydrogens (primary N) is 1. The molecule has 1 heterocycles. The van der Waals surface area contributed by atoms with E-state index in [1.165, 1.54) is 18.4 Å². The number of hydrogen-bond acceptors (Lipinski definition) is 2. The zero-order chi connectivity index (χ0) is 11.3. The van der Waals surface area contributed by atoms with Crippen LogP contribution in [0.5, 0.6) is 0 Å². The molecule has 0 aliphatic heterocycles. The summed E-state index contributed by atoms with van der Waals surface area (Å²) in [5.41, 5.74) is 7.17. The summed E-state index contributed by atoms with van der Waals surface area (Å²) in [4.78, 5) is 0. The lowest BCUT2D eigenvalue weighted by Crippen LogP contribution is -2.21. The molecule has 0 aliphatic carbocycles. The molecule has 86 valence electrons. The van der Waals surface area contributed by atoms with Crippen LogP contribution in [0.15, 0.2) is 12.4 Å². The third-order valence-electron chi connectivity index (χ3n) is 2.84. The van der Waals surface area contributed by atoms with Gasteiger partial charge in [0.1, 0.15) is 0 Å². The fourth-order valence-corrected chi connectivity index (χ4v) is 1.72. The van der Waals surface area contributed by atoms with Crippen LogP contribution in [0.3, 0.4) is 0 Å². The molecule has 0 fully saturated rings. The molecule has 0 spiro atoms. The Morgan fingerprint density at radius 2 is 2.20 bits per heavy atom. The van der Waals surface area contributed by atoms with Gasteiger partial charge in [-0.15, -0.1) is 0 Å². The predicted octanol–water partition coefficient (Wildman–Crippen LogP) is 2.52. The molecule has 0 saturated heterocycles. The first-order chi connectivity index (χ1) is 7.17. The number of hydrogen-bond donors (Lipinski definition) is 1. The molecule has 2 unspecified atom stereocenters. The van der Waals surface area contributed by atoms with E-state index >= 15 is 0 Å². The second-order valence-electron chi connectivity index (χ2n) is 4.34. The summed E-state index contributed by atoms with van der Waals surface area (Å²) in [7, 11) is 0. The van der Waals surface area contributed by atoms with Gasteiger partial charge < -0.3 is 5.73 Å². The van der Waals surface area contributed by atoms with Crippen LogP contribution in [0.25, 0.3) is 0 Å². The van der Waals surface area contributed by atoms with E-state index in [9.17, 15) is 0 Å². The Hall–Kier alpha value is -0.830. The van der Waals surface area contributed by atoms with E-state index in [4.69, 9.17) is 5.73 Å². The maximum absolute atomic E-state index is 5.91. The zero-order valence-electron chi connectivity index (χ0n) is 10.1. The molecule has 0 saturated carbocycles. The van der Waals surface area contributed by atoms with Gasteiger partial charge in [-0.3, -0.25) is 4.68 Å². The first kappa shape index (κ1) is 12.2. The average Bonchev–Trinajstić information content (AvgIpc) is 2.66. The molecule has 0 aromatic carbocycles. The summed E-state index contributed by atoms with van der Waals surface area (Å²) >= 11 is 0. The van der Waals surface area contributed by atoms with E-state index in [-0.39, 0.29) is 6.04 Å². The minimum absolute atomic E-state index is 0.268. The molecular formula is C12H23N3. The van der Waals surface area contributed by atoms with Gasteiger partial charge in [-0.1, -0.05) is 20.3 Å².